The number of ether oxygens (including phenoxy) is 1. The molecule has 0 unspecified atom stereocenters. The smallest absolute Gasteiger partial charge is 0.220 e. The number of carbonyl (C=O) groups is 1. The van der Waals surface area contributed by atoms with Gasteiger partial charge in [-0.2, -0.15) is 0 Å². The third-order valence-corrected chi connectivity index (χ3v) is 3.99. The SMILES string of the molecule is CCCCC(=O)NC1(c2ccc(OC)cc2)CCC1. The van der Waals surface area contributed by atoms with Gasteiger partial charge in [-0.1, -0.05) is 25.5 Å². The average Bonchev–Trinajstić information content (AvgIpc) is 2.41. The van der Waals surface area contributed by atoms with Crippen molar-refractivity contribution in [3.63, 3.8) is 0 Å². The van der Waals surface area contributed by atoms with E-state index in [1.54, 1.807) is 7.11 Å². The lowest BCUT2D eigenvalue weighted by Crippen LogP contribution is -2.50. The zero-order valence-corrected chi connectivity index (χ0v) is 11.9. The average molecular weight is 261 g/mol. The summed E-state index contributed by atoms with van der Waals surface area (Å²) in [6.45, 7) is 2.11. The second-order valence-electron chi connectivity index (χ2n) is 5.32. The number of carbonyl (C=O) groups excluding carboxylic acids is 1. The standard InChI is InChI=1S/C16H23NO2/c1-3-4-6-15(18)17-16(11-5-12-16)13-7-9-14(19-2)10-8-13/h7-10H,3-6,11-12H2,1-2H3,(H,17,18). The molecule has 1 amide bonds. The molecular weight excluding hydrogens is 238 g/mol. The molecule has 1 fully saturated rings. The molecule has 1 aliphatic rings. The Morgan fingerprint density at radius 2 is 2.00 bits per heavy atom. The maximum Gasteiger partial charge on any atom is 0.220 e. The van der Waals surface area contributed by atoms with Crippen LogP contribution in [0.5, 0.6) is 5.75 Å². The Balaban J connectivity index is 2.06. The van der Waals surface area contributed by atoms with Crippen LogP contribution in [0.3, 0.4) is 0 Å². The van der Waals surface area contributed by atoms with Crippen LogP contribution in [0.15, 0.2) is 24.3 Å². The monoisotopic (exact) mass is 261 g/mol. The highest BCUT2D eigenvalue weighted by Gasteiger charge is 2.39. The Bertz CT molecular complexity index is 421. The summed E-state index contributed by atoms with van der Waals surface area (Å²) in [6.07, 6.45) is 5.91. The predicted molar refractivity (Wildman–Crippen MR) is 76.2 cm³/mol. The number of nitrogens with one attached hydrogen (secondary N) is 1. The highest BCUT2D eigenvalue weighted by atomic mass is 16.5. The van der Waals surface area contributed by atoms with E-state index in [9.17, 15) is 4.79 Å². The number of rotatable bonds is 6. The molecule has 0 saturated heterocycles. The quantitative estimate of drug-likeness (QED) is 0.852. The van der Waals surface area contributed by atoms with Gasteiger partial charge in [-0.05, 0) is 43.4 Å². The van der Waals surface area contributed by atoms with Crippen LogP contribution in [0.4, 0.5) is 0 Å². The number of hydrogen-bond acceptors (Lipinski definition) is 2. The zero-order chi connectivity index (χ0) is 13.7. The van der Waals surface area contributed by atoms with Gasteiger partial charge in [0.2, 0.25) is 5.91 Å². The van der Waals surface area contributed by atoms with E-state index in [0.717, 1.165) is 31.4 Å². The van der Waals surface area contributed by atoms with Crippen LogP contribution in [-0.2, 0) is 10.3 Å². The van der Waals surface area contributed by atoms with Crippen molar-refractivity contribution in [1.82, 2.24) is 5.32 Å². The minimum atomic E-state index is -0.128. The van der Waals surface area contributed by atoms with Crippen LogP contribution in [0, 0.1) is 0 Å². The summed E-state index contributed by atoms with van der Waals surface area (Å²) >= 11 is 0. The summed E-state index contributed by atoms with van der Waals surface area (Å²) in [5.74, 6) is 1.04. The molecule has 1 aliphatic carbocycles. The lowest BCUT2D eigenvalue weighted by atomic mass is 9.71. The van der Waals surface area contributed by atoms with Gasteiger partial charge in [0.15, 0.2) is 0 Å². The van der Waals surface area contributed by atoms with Gasteiger partial charge in [0.05, 0.1) is 12.6 Å². The van der Waals surface area contributed by atoms with Crippen LogP contribution < -0.4 is 10.1 Å². The maximum absolute atomic E-state index is 12.0. The van der Waals surface area contributed by atoms with Gasteiger partial charge >= 0.3 is 0 Å². The molecule has 2 rings (SSSR count). The molecule has 0 aliphatic heterocycles. The van der Waals surface area contributed by atoms with Gasteiger partial charge in [-0.3, -0.25) is 4.79 Å². The van der Waals surface area contributed by atoms with Crippen LogP contribution in [0.25, 0.3) is 0 Å². The van der Waals surface area contributed by atoms with Gasteiger partial charge < -0.3 is 10.1 Å². The van der Waals surface area contributed by atoms with Gasteiger partial charge in [0, 0.05) is 6.42 Å². The fourth-order valence-electron chi connectivity index (χ4n) is 2.59. The fraction of sp³-hybridized carbons (Fsp3) is 0.562. The summed E-state index contributed by atoms with van der Waals surface area (Å²) in [5, 5.41) is 3.24. The molecule has 0 aromatic heterocycles. The molecule has 19 heavy (non-hydrogen) atoms. The van der Waals surface area contributed by atoms with Crippen molar-refractivity contribution < 1.29 is 9.53 Å². The van der Waals surface area contributed by atoms with Crippen molar-refractivity contribution in [2.75, 3.05) is 7.11 Å². The number of benzene rings is 1. The van der Waals surface area contributed by atoms with Gasteiger partial charge in [-0.25, -0.2) is 0 Å². The summed E-state index contributed by atoms with van der Waals surface area (Å²) in [7, 11) is 1.67. The first-order valence-electron chi connectivity index (χ1n) is 7.16. The third-order valence-electron chi connectivity index (χ3n) is 3.99. The minimum absolute atomic E-state index is 0.128. The second-order valence-corrected chi connectivity index (χ2v) is 5.32. The summed E-state index contributed by atoms with van der Waals surface area (Å²) in [6, 6.07) is 8.07. The highest BCUT2D eigenvalue weighted by molar-refractivity contribution is 5.77. The second kappa shape index (κ2) is 6.09. The number of amides is 1. The number of methoxy groups -OCH3 is 1. The summed E-state index contributed by atoms with van der Waals surface area (Å²) < 4.78 is 5.18. The summed E-state index contributed by atoms with van der Waals surface area (Å²) in [4.78, 5) is 12.0. The first kappa shape index (κ1) is 13.9. The molecule has 1 aromatic carbocycles. The molecule has 1 N–H and O–H groups in total. The Morgan fingerprint density at radius 3 is 2.47 bits per heavy atom. The van der Waals surface area contributed by atoms with Crippen molar-refractivity contribution in [3.05, 3.63) is 29.8 Å². The first-order chi connectivity index (χ1) is 9.20. The molecule has 1 aromatic rings. The van der Waals surface area contributed by atoms with E-state index in [4.69, 9.17) is 4.74 Å². The van der Waals surface area contributed by atoms with E-state index in [2.05, 4.69) is 24.4 Å². The predicted octanol–water partition coefficient (Wildman–Crippen LogP) is 3.38. The maximum atomic E-state index is 12.0. The molecule has 3 heteroatoms. The van der Waals surface area contributed by atoms with Gasteiger partial charge in [0.1, 0.15) is 5.75 Å². The molecule has 104 valence electrons. The van der Waals surface area contributed by atoms with E-state index in [-0.39, 0.29) is 11.4 Å². The third kappa shape index (κ3) is 3.09. The summed E-state index contributed by atoms with van der Waals surface area (Å²) in [5.41, 5.74) is 1.07. The van der Waals surface area contributed by atoms with Crippen molar-refractivity contribution in [3.8, 4) is 5.75 Å². The van der Waals surface area contributed by atoms with Crippen molar-refractivity contribution in [2.45, 2.75) is 51.0 Å². The highest BCUT2D eigenvalue weighted by Crippen LogP contribution is 2.41. The molecule has 0 atom stereocenters. The van der Waals surface area contributed by atoms with Crippen molar-refractivity contribution in [2.24, 2.45) is 0 Å². The van der Waals surface area contributed by atoms with Gasteiger partial charge in [-0.15, -0.1) is 0 Å². The van der Waals surface area contributed by atoms with Crippen LogP contribution >= 0.6 is 0 Å². The van der Waals surface area contributed by atoms with Gasteiger partial charge in [0.25, 0.3) is 0 Å². The molecule has 1 saturated carbocycles. The largest absolute Gasteiger partial charge is 0.497 e. The number of unbranched alkanes of at least 4 members (excludes halogenated alkanes) is 1. The molecule has 0 radical (unpaired) electrons. The Labute approximate surface area is 115 Å². The molecule has 0 bridgehead atoms. The van der Waals surface area contributed by atoms with Crippen LogP contribution in [-0.4, -0.2) is 13.0 Å². The van der Waals surface area contributed by atoms with Crippen LogP contribution in [0.1, 0.15) is 51.0 Å². The Kier molecular flexibility index (Phi) is 4.46. The molecule has 0 heterocycles. The number of hydrogen-bond donors (Lipinski definition) is 1. The molecule has 0 spiro atoms. The topological polar surface area (TPSA) is 38.3 Å². The molecular formula is C16H23NO2. The Morgan fingerprint density at radius 1 is 1.32 bits per heavy atom. The van der Waals surface area contributed by atoms with E-state index in [0.29, 0.717) is 6.42 Å². The minimum Gasteiger partial charge on any atom is -0.497 e. The molecule has 3 nitrogen and oxygen atoms in total. The van der Waals surface area contributed by atoms with Crippen LogP contribution in [0.2, 0.25) is 0 Å². The lowest BCUT2D eigenvalue weighted by molar-refractivity contribution is -0.124. The Hall–Kier alpha value is -1.51. The van der Waals surface area contributed by atoms with E-state index in [1.807, 2.05) is 12.1 Å². The lowest BCUT2D eigenvalue weighted by Gasteiger charge is -2.43. The van der Waals surface area contributed by atoms with E-state index in [1.165, 1.54) is 12.0 Å². The van der Waals surface area contributed by atoms with E-state index >= 15 is 0 Å². The normalized spacial score (nSPS) is 16.5. The fourth-order valence-corrected chi connectivity index (χ4v) is 2.59. The van der Waals surface area contributed by atoms with Crippen molar-refractivity contribution in [1.29, 1.82) is 0 Å². The van der Waals surface area contributed by atoms with E-state index < -0.39 is 0 Å². The first-order valence-corrected chi connectivity index (χ1v) is 7.16. The van der Waals surface area contributed by atoms with Crippen molar-refractivity contribution >= 4 is 5.91 Å². The zero-order valence-electron chi connectivity index (χ0n) is 11.9.